The lowest BCUT2D eigenvalue weighted by Gasteiger charge is -2.43. The van der Waals surface area contributed by atoms with Gasteiger partial charge in [0.1, 0.15) is 11.7 Å². The molecule has 238 valence electrons. The van der Waals surface area contributed by atoms with Crippen molar-refractivity contribution in [2.24, 2.45) is 15.9 Å². The second-order valence-corrected chi connectivity index (χ2v) is 12.0. The second-order valence-electron chi connectivity index (χ2n) is 9.70. The van der Waals surface area contributed by atoms with Gasteiger partial charge in [0, 0.05) is 11.8 Å². The SMILES string of the molecule is CC(C)(O/N=C(\C(=O)N[C@@H]1C(=O)N(S(=O)(=O)O)C1n1cc(COCc2cc(=O)c(O)cn2O)nn1)C1CSC(N)=N1)C(=O)O. The summed E-state index contributed by atoms with van der Waals surface area (Å²) in [5.74, 6) is -4.30. The van der Waals surface area contributed by atoms with Crippen LogP contribution in [0.1, 0.15) is 31.4 Å². The number of nitrogens with zero attached hydrogens (tertiary/aromatic N) is 7. The quantitative estimate of drug-likeness (QED) is 0.0447. The molecule has 7 N–H and O–H groups in total. The third-order valence-corrected chi connectivity index (χ3v) is 7.86. The van der Waals surface area contributed by atoms with Crippen LogP contribution in [0.3, 0.4) is 0 Å². The van der Waals surface area contributed by atoms with E-state index in [0.29, 0.717) is 4.73 Å². The Labute approximate surface area is 250 Å². The van der Waals surface area contributed by atoms with Crippen LogP contribution in [-0.4, -0.2) is 105 Å². The zero-order valence-corrected chi connectivity index (χ0v) is 24.3. The topological polar surface area (TPSA) is 303 Å². The lowest BCUT2D eigenvalue weighted by Crippen LogP contribution is -2.69. The van der Waals surface area contributed by atoms with E-state index >= 15 is 0 Å². The highest BCUT2D eigenvalue weighted by Crippen LogP contribution is 2.32. The number of hydrogen-bond donors (Lipinski definition) is 6. The molecule has 0 spiro atoms. The summed E-state index contributed by atoms with van der Waals surface area (Å²) < 4.78 is 40.3. The van der Waals surface area contributed by atoms with Crippen molar-refractivity contribution in [2.45, 2.75) is 50.9 Å². The van der Waals surface area contributed by atoms with E-state index in [0.717, 1.165) is 34.9 Å². The van der Waals surface area contributed by atoms with Crippen molar-refractivity contribution in [3.8, 4) is 5.75 Å². The van der Waals surface area contributed by atoms with E-state index in [1.165, 1.54) is 13.8 Å². The molecule has 2 aliphatic heterocycles. The van der Waals surface area contributed by atoms with Crippen LogP contribution in [0.2, 0.25) is 0 Å². The number of β-lactam (4-membered cyclic amide) rings is 1. The number of oxime groups is 1. The Morgan fingerprint density at radius 1 is 1.27 bits per heavy atom. The Balaban J connectivity index is 1.53. The van der Waals surface area contributed by atoms with Gasteiger partial charge in [-0.1, -0.05) is 22.1 Å². The molecule has 1 saturated heterocycles. The van der Waals surface area contributed by atoms with Gasteiger partial charge in [0.05, 0.1) is 31.3 Å². The van der Waals surface area contributed by atoms with Crippen LogP contribution in [0.15, 0.2) is 33.4 Å². The first-order valence-corrected chi connectivity index (χ1v) is 14.6. The molecule has 2 amide bonds. The van der Waals surface area contributed by atoms with Crippen LogP contribution in [0.25, 0.3) is 0 Å². The number of ether oxygens (including phenoxy) is 1. The molecule has 0 bridgehead atoms. The molecule has 0 saturated carbocycles. The van der Waals surface area contributed by atoms with Gasteiger partial charge >= 0.3 is 16.3 Å². The van der Waals surface area contributed by atoms with Gasteiger partial charge in [0.15, 0.2) is 28.8 Å². The predicted octanol–water partition coefficient (Wildman–Crippen LogP) is -2.61. The minimum atomic E-state index is -5.15. The fraction of sp³-hybridized carbons (Fsp3) is 0.429. The first kappa shape index (κ1) is 32.2. The van der Waals surface area contributed by atoms with Crippen LogP contribution in [0.5, 0.6) is 5.75 Å². The summed E-state index contributed by atoms with van der Waals surface area (Å²) in [7, 11) is -5.15. The Bertz CT molecular complexity index is 1720. The average molecular weight is 660 g/mol. The molecule has 21 nitrogen and oxygen atoms in total. The number of amides is 2. The summed E-state index contributed by atoms with van der Waals surface area (Å²) in [4.78, 5) is 58.1. The molecule has 2 aromatic rings. The van der Waals surface area contributed by atoms with Crippen LogP contribution < -0.4 is 16.5 Å². The summed E-state index contributed by atoms with van der Waals surface area (Å²) >= 11 is 1.07. The highest BCUT2D eigenvalue weighted by molar-refractivity contribution is 8.14. The van der Waals surface area contributed by atoms with Crippen LogP contribution >= 0.6 is 11.8 Å². The number of carboxylic acids is 1. The summed E-state index contributed by atoms with van der Waals surface area (Å²) in [6, 6.07) is -1.72. The summed E-state index contributed by atoms with van der Waals surface area (Å²) in [5.41, 5.74) is 2.63. The van der Waals surface area contributed by atoms with Gasteiger partial charge in [0.2, 0.25) is 11.0 Å². The monoisotopic (exact) mass is 659 g/mol. The molecule has 0 radical (unpaired) electrons. The molecule has 1 fully saturated rings. The molecule has 0 aromatic carbocycles. The number of nitrogens with two attached hydrogens (primary N) is 1. The molecule has 23 heteroatoms. The Morgan fingerprint density at radius 2 is 1.98 bits per heavy atom. The molecular weight excluding hydrogens is 634 g/mol. The minimum Gasteiger partial charge on any atom is -0.503 e. The van der Waals surface area contributed by atoms with Crippen molar-refractivity contribution in [2.75, 3.05) is 5.75 Å². The van der Waals surface area contributed by atoms with Gasteiger partial charge in [-0.3, -0.25) is 23.9 Å². The lowest BCUT2D eigenvalue weighted by atomic mass is 10.1. The van der Waals surface area contributed by atoms with Crippen molar-refractivity contribution >= 4 is 50.7 Å². The van der Waals surface area contributed by atoms with Gasteiger partial charge in [-0.25, -0.2) is 9.48 Å². The molecule has 4 rings (SSSR count). The molecule has 44 heavy (non-hydrogen) atoms. The van der Waals surface area contributed by atoms with Gasteiger partial charge < -0.3 is 36.0 Å². The first-order valence-electron chi connectivity index (χ1n) is 12.2. The van der Waals surface area contributed by atoms with Crippen LogP contribution in [-0.2, 0) is 47.5 Å². The van der Waals surface area contributed by atoms with Gasteiger partial charge in [-0.05, 0) is 13.8 Å². The summed E-state index contributed by atoms with van der Waals surface area (Å²) in [6.07, 6.45) is 0.265. The highest BCUT2D eigenvalue weighted by atomic mass is 32.2. The zero-order valence-electron chi connectivity index (χ0n) is 22.7. The number of pyridine rings is 1. The van der Waals surface area contributed by atoms with E-state index in [1.54, 1.807) is 0 Å². The fourth-order valence-corrected chi connectivity index (χ4v) is 5.32. The number of hydrogen-bond acceptors (Lipinski definition) is 16. The number of aliphatic imine (C=N–C) groups is 1. The van der Waals surface area contributed by atoms with Crippen molar-refractivity contribution in [3.05, 3.63) is 40.1 Å². The Hall–Kier alpha value is -4.74. The number of carboxylic acid groups (broad SMARTS) is 1. The van der Waals surface area contributed by atoms with Gasteiger partial charge in [-0.15, -0.1) is 5.10 Å². The van der Waals surface area contributed by atoms with Crippen molar-refractivity contribution in [1.82, 2.24) is 29.3 Å². The molecule has 3 atom stereocenters. The first-order chi connectivity index (χ1) is 20.5. The number of nitrogens with one attached hydrogen (secondary N) is 1. The number of carbonyl (C=O) groups is 3. The molecule has 4 heterocycles. The number of amidine groups is 1. The normalized spacial score (nSPS) is 20.7. The number of aromatic nitrogens is 4. The number of rotatable bonds is 12. The van der Waals surface area contributed by atoms with Gasteiger partial charge in [-0.2, -0.15) is 17.5 Å². The van der Waals surface area contributed by atoms with Gasteiger partial charge in [0.25, 0.3) is 11.8 Å². The predicted molar refractivity (Wildman–Crippen MR) is 146 cm³/mol. The van der Waals surface area contributed by atoms with Crippen molar-refractivity contribution in [1.29, 1.82) is 0 Å². The third kappa shape index (κ3) is 6.74. The van der Waals surface area contributed by atoms with Crippen molar-refractivity contribution in [3.63, 3.8) is 0 Å². The standard InChI is InChI=1S/C21H25N9O12S2/c1-21(2,19(35)36)42-26-14(11-8-43-20(22)23-11)16(33)24-15-17(30(18(15)34)44(38,39)40)28-4-9(25-27-28)6-41-7-10-3-12(31)13(32)5-29(10)37/h3-5,11,15,17,32,37H,6-8H2,1-2H3,(H2,22,23)(H,24,33)(H,35,36)(H,38,39,40)/b26-14-/t11?,15-,17?/m0/s1. The maximum absolute atomic E-state index is 13.3. The van der Waals surface area contributed by atoms with E-state index in [1.807, 2.05) is 0 Å². The molecule has 2 aromatic heterocycles. The smallest absolute Gasteiger partial charge is 0.364 e. The molecule has 2 unspecified atom stereocenters. The number of aliphatic carboxylic acids is 1. The minimum absolute atomic E-state index is 0.0231. The van der Waals surface area contributed by atoms with Crippen molar-refractivity contribution < 1.29 is 52.3 Å². The maximum atomic E-state index is 13.3. The van der Waals surface area contributed by atoms with E-state index in [-0.39, 0.29) is 39.8 Å². The van der Waals surface area contributed by atoms with E-state index in [2.05, 4.69) is 25.8 Å². The van der Waals surface area contributed by atoms with E-state index < -0.39 is 68.8 Å². The van der Waals surface area contributed by atoms with Crippen LogP contribution in [0, 0.1) is 0 Å². The third-order valence-electron chi connectivity index (χ3n) is 6.08. The number of thioether (sulfide) groups is 1. The zero-order chi connectivity index (χ0) is 32.6. The summed E-state index contributed by atoms with van der Waals surface area (Å²) in [6.45, 7) is 1.71. The number of aromatic hydroxyl groups is 1. The number of carbonyl (C=O) groups excluding carboxylic acids is 2. The lowest BCUT2D eigenvalue weighted by molar-refractivity contribution is -0.161. The van der Waals surface area contributed by atoms with E-state index in [4.69, 9.17) is 15.3 Å². The molecular formula is C21H25N9O12S2. The summed E-state index contributed by atoms with van der Waals surface area (Å²) in [5, 5.41) is 42.0. The highest BCUT2D eigenvalue weighted by Gasteiger charge is 2.56. The maximum Gasteiger partial charge on any atom is 0.364 e. The average Bonchev–Trinajstić information content (AvgIpc) is 3.56. The largest absolute Gasteiger partial charge is 0.503 e. The Morgan fingerprint density at radius 3 is 2.59 bits per heavy atom. The van der Waals surface area contributed by atoms with Crippen LogP contribution in [0.4, 0.5) is 0 Å². The second kappa shape index (κ2) is 12.1. The Kier molecular flexibility index (Phi) is 8.85. The fourth-order valence-electron chi connectivity index (χ4n) is 3.73. The molecule has 2 aliphatic rings. The molecule has 0 aliphatic carbocycles. The van der Waals surface area contributed by atoms with E-state index in [9.17, 15) is 47.6 Å².